The maximum absolute atomic E-state index is 13.9. The molecule has 1 unspecified atom stereocenters. The molecule has 2 bridgehead atoms. The van der Waals surface area contributed by atoms with Crippen molar-refractivity contribution >= 4 is 33.4 Å². The van der Waals surface area contributed by atoms with Crippen LogP contribution < -0.4 is 0 Å². The Balaban J connectivity index is 2.31. The van der Waals surface area contributed by atoms with Gasteiger partial charge in [-0.25, -0.2) is 9.13 Å². The Morgan fingerprint density at radius 1 is 0.868 bits per heavy atom. The third-order valence-corrected chi connectivity index (χ3v) is 13.3. The standard InChI is InChI=1S/C47H80O19P2/c1-3-5-7-8-9-10-11-12-13-14-15-16-17-18-23-27-40(51)62-32-35-33-63-68(60,61)66-47-45(56)44(55)42(53)36(26-22-19-20-24-28-41(52)64-35)38(49)31-39(50)37(30-29-34(48)25-21-6-4-2)43(54)46(47)65-67(57,58)59/h9-10,12-13,19,22,29-30,34-38,42-49,53-56H,3-8,11,14-18,20-21,23-28,31-33H2,1-2H3,(H,60,61)(H2,57,58,59)/b10-9-,13-12-,22-19-,30-29+/t34-,35+,36-,37-,38-,42+,43+,44-,45+,46+,47-/m0/s1. The zero-order valence-electron chi connectivity index (χ0n) is 39.7. The summed E-state index contributed by atoms with van der Waals surface area (Å²) in [6.45, 7) is 2.50. The van der Waals surface area contributed by atoms with Crippen LogP contribution in [-0.2, 0) is 46.6 Å². The molecule has 1 aliphatic carbocycles. The highest BCUT2D eigenvalue weighted by Crippen LogP contribution is 2.49. The molecule has 0 spiro atoms. The van der Waals surface area contributed by atoms with Crippen molar-refractivity contribution < 1.29 is 91.9 Å². The molecule has 392 valence electrons. The molecule has 0 aromatic carbocycles. The second-order valence-corrected chi connectivity index (χ2v) is 20.2. The molecule has 9 N–H and O–H groups in total. The summed E-state index contributed by atoms with van der Waals surface area (Å²) in [6, 6.07) is 0. The first-order chi connectivity index (χ1) is 32.3. The summed E-state index contributed by atoms with van der Waals surface area (Å²) in [4.78, 5) is 70.5. The van der Waals surface area contributed by atoms with Crippen molar-refractivity contribution in [2.75, 3.05) is 13.2 Å². The molecule has 1 saturated carbocycles. The lowest BCUT2D eigenvalue weighted by molar-refractivity contribution is -0.165. The number of cyclic esters (lactones) is 1. The molecule has 19 nitrogen and oxygen atoms in total. The Labute approximate surface area is 401 Å². The van der Waals surface area contributed by atoms with Gasteiger partial charge in [0.1, 0.15) is 36.8 Å². The summed E-state index contributed by atoms with van der Waals surface area (Å²) in [5.74, 6) is -5.80. The van der Waals surface area contributed by atoms with Gasteiger partial charge in [-0.3, -0.25) is 28.0 Å². The summed E-state index contributed by atoms with van der Waals surface area (Å²) in [6.07, 6.45) is 6.74. The number of aliphatic hydroxyl groups excluding tert-OH is 6. The number of ketones is 1. The number of carbonyl (C=O) groups is 3. The lowest BCUT2D eigenvalue weighted by atomic mass is 9.83. The number of ether oxygens (including phenoxy) is 2. The van der Waals surface area contributed by atoms with Gasteiger partial charge in [-0.2, -0.15) is 0 Å². The van der Waals surface area contributed by atoms with Crippen LogP contribution in [0, 0.1) is 11.8 Å². The summed E-state index contributed by atoms with van der Waals surface area (Å²) in [5.41, 5.74) is 0. The molecule has 0 saturated heterocycles. The van der Waals surface area contributed by atoms with Crippen molar-refractivity contribution in [3.8, 4) is 0 Å². The monoisotopic (exact) mass is 1010 g/mol. The number of hydrogen-bond acceptors (Lipinski definition) is 16. The number of aliphatic hydroxyl groups is 6. The van der Waals surface area contributed by atoms with Gasteiger partial charge in [0.25, 0.3) is 0 Å². The van der Waals surface area contributed by atoms with Crippen LogP contribution in [-0.4, -0.2) is 131 Å². The predicted molar refractivity (Wildman–Crippen MR) is 251 cm³/mol. The number of rotatable bonds is 24. The van der Waals surface area contributed by atoms with Gasteiger partial charge in [0.05, 0.1) is 36.9 Å². The highest BCUT2D eigenvalue weighted by molar-refractivity contribution is 7.47. The Bertz CT molecular complexity index is 1670. The Kier molecular flexibility index (Phi) is 30.8. The molecule has 0 aromatic rings. The van der Waals surface area contributed by atoms with Crippen LogP contribution in [0.25, 0.3) is 0 Å². The van der Waals surface area contributed by atoms with Crippen molar-refractivity contribution in [1.29, 1.82) is 0 Å². The number of unbranched alkanes of at least 4 members (excludes halogenated alkanes) is 10. The molecular weight excluding hydrogens is 930 g/mol. The molecule has 0 radical (unpaired) electrons. The Morgan fingerprint density at radius 3 is 2.19 bits per heavy atom. The zero-order valence-corrected chi connectivity index (χ0v) is 41.5. The van der Waals surface area contributed by atoms with Crippen LogP contribution >= 0.6 is 15.6 Å². The number of Topliss-reactive ketones (excluding diaryl/α,β-unsaturated/α-hetero) is 1. The van der Waals surface area contributed by atoms with E-state index in [1.807, 2.05) is 6.92 Å². The molecule has 1 heterocycles. The second kappa shape index (κ2) is 34.0. The van der Waals surface area contributed by atoms with Gasteiger partial charge in [-0.05, 0) is 64.2 Å². The van der Waals surface area contributed by atoms with Gasteiger partial charge in [-0.15, -0.1) is 0 Å². The fraction of sp³-hybridized carbons (Fsp3) is 0.766. The van der Waals surface area contributed by atoms with Crippen LogP contribution in [0.2, 0.25) is 0 Å². The van der Waals surface area contributed by atoms with Crippen LogP contribution in [0.1, 0.15) is 149 Å². The van der Waals surface area contributed by atoms with E-state index in [9.17, 15) is 68.8 Å². The predicted octanol–water partition coefficient (Wildman–Crippen LogP) is 5.87. The van der Waals surface area contributed by atoms with Crippen molar-refractivity contribution in [2.24, 2.45) is 11.8 Å². The third kappa shape index (κ3) is 25.6. The summed E-state index contributed by atoms with van der Waals surface area (Å²) < 4.78 is 52.0. The first kappa shape index (κ1) is 61.7. The topological polar surface area (TPSA) is 314 Å². The van der Waals surface area contributed by atoms with Crippen LogP contribution in [0.15, 0.2) is 48.6 Å². The fourth-order valence-electron chi connectivity index (χ4n) is 7.82. The number of fused-ring (bicyclic) bond motifs is 4. The Hall–Kier alpha value is -2.45. The van der Waals surface area contributed by atoms with E-state index in [1.165, 1.54) is 25.3 Å². The summed E-state index contributed by atoms with van der Waals surface area (Å²) in [5, 5.41) is 67.9. The highest BCUT2D eigenvalue weighted by Gasteiger charge is 2.51. The maximum Gasteiger partial charge on any atom is 0.472 e. The number of hydrogen-bond donors (Lipinski definition) is 9. The van der Waals surface area contributed by atoms with Gasteiger partial charge < -0.3 is 54.8 Å². The van der Waals surface area contributed by atoms with Crippen molar-refractivity contribution in [1.82, 2.24) is 0 Å². The number of esters is 2. The van der Waals surface area contributed by atoms with E-state index in [2.05, 4.69) is 31.2 Å². The molecular formula is C47H80O19P2. The number of carbonyl (C=O) groups excluding carboxylic acids is 3. The summed E-state index contributed by atoms with van der Waals surface area (Å²) >= 11 is 0. The first-order valence-corrected chi connectivity index (χ1v) is 27.3. The molecule has 2 aliphatic rings. The van der Waals surface area contributed by atoms with E-state index >= 15 is 0 Å². The maximum atomic E-state index is 13.9. The number of phosphoric acid groups is 2. The zero-order chi connectivity index (χ0) is 50.5. The minimum atomic E-state index is -5.80. The van der Waals surface area contributed by atoms with E-state index in [-0.39, 0.29) is 38.5 Å². The van der Waals surface area contributed by atoms with Gasteiger partial charge in [0.15, 0.2) is 6.10 Å². The van der Waals surface area contributed by atoms with Gasteiger partial charge >= 0.3 is 27.6 Å². The molecule has 0 amide bonds. The SMILES string of the molecule is CCCCC/C=C\C/C=C\CCCCCCCC(=O)OC[C@@H]1COP(=O)(O)O[C@H]2[C@H](O)[C@@H](O)[C@H](O)[C@@H](C/C=C\CCCC(=O)O1)[C@@H](O)CC(=O)[C@H](/C=C/[C@@H](O)CCCCC)[C@@H](O)[C@H]2OP(=O)(O)O. The molecule has 0 aromatic heterocycles. The van der Waals surface area contributed by atoms with Crippen molar-refractivity contribution in [3.05, 3.63) is 48.6 Å². The van der Waals surface area contributed by atoms with Gasteiger partial charge in [-0.1, -0.05) is 114 Å². The smallest absolute Gasteiger partial charge is 0.462 e. The minimum Gasteiger partial charge on any atom is -0.462 e. The quantitative estimate of drug-likeness (QED) is 0.0236. The third-order valence-electron chi connectivity index (χ3n) is 11.7. The van der Waals surface area contributed by atoms with E-state index in [4.69, 9.17) is 23.0 Å². The van der Waals surface area contributed by atoms with Crippen LogP contribution in [0.5, 0.6) is 0 Å². The Morgan fingerprint density at radius 2 is 1.51 bits per heavy atom. The van der Waals surface area contributed by atoms with Gasteiger partial charge in [0, 0.05) is 25.2 Å². The van der Waals surface area contributed by atoms with Crippen molar-refractivity contribution in [2.45, 2.75) is 204 Å². The average molecular weight is 1010 g/mol. The van der Waals surface area contributed by atoms with E-state index < -0.39 is 120 Å². The minimum absolute atomic E-state index is 0.0331. The highest BCUT2D eigenvalue weighted by atomic mass is 31.2. The average Bonchev–Trinajstić information content (AvgIpc) is 3.28. The molecule has 2 rings (SSSR count). The molecule has 12 atom stereocenters. The fourth-order valence-corrected chi connectivity index (χ4v) is 9.35. The van der Waals surface area contributed by atoms with Gasteiger partial charge in [0.2, 0.25) is 0 Å². The first-order valence-electron chi connectivity index (χ1n) is 24.3. The molecule has 68 heavy (non-hydrogen) atoms. The van der Waals surface area contributed by atoms with Crippen LogP contribution in [0.4, 0.5) is 0 Å². The van der Waals surface area contributed by atoms with E-state index in [0.717, 1.165) is 69.9 Å². The van der Waals surface area contributed by atoms with E-state index in [1.54, 1.807) is 6.08 Å². The molecule has 21 heteroatoms. The lowest BCUT2D eigenvalue weighted by Crippen LogP contribution is -2.56. The van der Waals surface area contributed by atoms with Crippen molar-refractivity contribution in [3.63, 3.8) is 0 Å². The number of phosphoric ester groups is 2. The largest absolute Gasteiger partial charge is 0.472 e. The second-order valence-electron chi connectivity index (χ2n) is 17.6. The number of allylic oxidation sites excluding steroid dienone is 6. The van der Waals surface area contributed by atoms with Crippen LogP contribution in [0.3, 0.4) is 0 Å². The molecule has 1 aliphatic heterocycles. The normalized spacial score (nSPS) is 30.9. The lowest BCUT2D eigenvalue weighted by Gasteiger charge is -2.38. The van der Waals surface area contributed by atoms with E-state index in [0.29, 0.717) is 12.8 Å². The summed E-state index contributed by atoms with van der Waals surface area (Å²) in [7, 11) is -11.5. The molecule has 1 fully saturated rings.